The number of nitrogens with zero attached hydrogens (tertiary/aromatic N) is 3. The second kappa shape index (κ2) is 7.35. The maximum atomic E-state index is 13.3. The van der Waals surface area contributed by atoms with Crippen LogP contribution in [0.2, 0.25) is 0 Å². The van der Waals surface area contributed by atoms with E-state index in [1.54, 1.807) is 42.0 Å². The van der Waals surface area contributed by atoms with Gasteiger partial charge in [-0.25, -0.2) is 8.42 Å². The van der Waals surface area contributed by atoms with Crippen molar-refractivity contribution in [1.29, 1.82) is 0 Å². The third-order valence-corrected chi connectivity index (χ3v) is 8.89. The molecule has 1 aromatic rings. The number of sulfonamides is 1. The molecule has 1 aliphatic carbocycles. The lowest BCUT2D eigenvalue weighted by molar-refractivity contribution is -0.133. The van der Waals surface area contributed by atoms with Crippen molar-refractivity contribution >= 4 is 39.3 Å². The van der Waals surface area contributed by atoms with E-state index in [2.05, 4.69) is 0 Å². The Morgan fingerprint density at radius 3 is 2.64 bits per heavy atom. The van der Waals surface area contributed by atoms with Gasteiger partial charge in [0, 0.05) is 37.5 Å². The van der Waals surface area contributed by atoms with E-state index in [4.69, 9.17) is 0 Å². The quantitative estimate of drug-likeness (QED) is 0.722. The molecule has 0 bridgehead atoms. The minimum Gasteiger partial charge on any atom is -0.341 e. The summed E-state index contributed by atoms with van der Waals surface area (Å²) in [6.45, 7) is 2.41. The lowest BCUT2D eigenvalue weighted by Gasteiger charge is -2.27. The molecule has 2 aliphatic heterocycles. The zero-order chi connectivity index (χ0) is 20.1. The van der Waals surface area contributed by atoms with Crippen LogP contribution in [0.15, 0.2) is 23.1 Å². The van der Waals surface area contributed by atoms with Crippen LogP contribution in [0.3, 0.4) is 0 Å². The predicted molar refractivity (Wildman–Crippen MR) is 109 cm³/mol. The molecular weight excluding hydrogens is 398 g/mol. The Kier molecular flexibility index (Phi) is 5.18. The molecule has 4 rings (SSSR count). The number of thioether (sulfide) groups is 1. The topological polar surface area (TPSA) is 78.0 Å². The van der Waals surface area contributed by atoms with Crippen LogP contribution < -0.4 is 4.90 Å². The van der Waals surface area contributed by atoms with Crippen LogP contribution in [0.1, 0.15) is 31.2 Å². The molecule has 28 heavy (non-hydrogen) atoms. The number of hydrogen-bond donors (Lipinski definition) is 0. The lowest BCUT2D eigenvalue weighted by atomic mass is 10.2. The van der Waals surface area contributed by atoms with Crippen molar-refractivity contribution in [1.82, 2.24) is 9.21 Å². The van der Waals surface area contributed by atoms with Crippen LogP contribution in [0.4, 0.5) is 5.69 Å². The van der Waals surface area contributed by atoms with Crippen LogP contribution in [-0.4, -0.2) is 66.7 Å². The number of rotatable bonds is 5. The molecular formula is C19H25N3O4S2. The molecule has 1 saturated carbocycles. The van der Waals surface area contributed by atoms with E-state index in [0.717, 1.165) is 24.9 Å². The number of carbonyl (C=O) groups excluding carboxylic acids is 2. The molecule has 2 heterocycles. The molecule has 2 saturated heterocycles. The number of likely N-dealkylation sites (N-methyl/N-ethyl adjacent to an activating group) is 1. The molecule has 2 amide bonds. The molecule has 152 valence electrons. The summed E-state index contributed by atoms with van der Waals surface area (Å²) in [5.41, 5.74) is 1.33. The first-order valence-corrected chi connectivity index (χ1v) is 12.2. The van der Waals surface area contributed by atoms with Crippen molar-refractivity contribution in [2.24, 2.45) is 0 Å². The van der Waals surface area contributed by atoms with Crippen LogP contribution in [0, 0.1) is 6.92 Å². The van der Waals surface area contributed by atoms with E-state index >= 15 is 0 Å². The summed E-state index contributed by atoms with van der Waals surface area (Å²) >= 11 is 1.47. The van der Waals surface area contributed by atoms with Gasteiger partial charge in [0.15, 0.2) is 0 Å². The SMILES string of the molecule is Cc1cc(N2CCCC2=O)ccc1S(=O)(=O)N1CSCC1C(=O)N(C)C1CC1. The van der Waals surface area contributed by atoms with Gasteiger partial charge in [-0.3, -0.25) is 9.59 Å². The van der Waals surface area contributed by atoms with E-state index in [0.29, 0.717) is 24.3 Å². The van der Waals surface area contributed by atoms with Gasteiger partial charge in [0.1, 0.15) is 6.04 Å². The predicted octanol–water partition coefficient (Wildman–Crippen LogP) is 1.81. The number of amides is 2. The Bertz CT molecular complexity index is 914. The Hall–Kier alpha value is -1.58. The highest BCUT2D eigenvalue weighted by Gasteiger charge is 2.44. The monoisotopic (exact) mass is 423 g/mol. The number of aryl methyl sites for hydroxylation is 1. The Morgan fingerprint density at radius 1 is 1.29 bits per heavy atom. The van der Waals surface area contributed by atoms with Crippen LogP contribution >= 0.6 is 11.8 Å². The van der Waals surface area contributed by atoms with Crippen molar-refractivity contribution in [3.8, 4) is 0 Å². The number of hydrogen-bond acceptors (Lipinski definition) is 5. The lowest BCUT2D eigenvalue weighted by Crippen LogP contribution is -2.48. The van der Waals surface area contributed by atoms with Gasteiger partial charge in [-0.2, -0.15) is 4.31 Å². The molecule has 3 fully saturated rings. The smallest absolute Gasteiger partial charge is 0.244 e. The van der Waals surface area contributed by atoms with Gasteiger partial charge in [0.05, 0.1) is 10.8 Å². The standard InChI is InChI=1S/C19H25N3O4S2/c1-13-10-15(21-9-3-4-18(21)23)7-8-17(13)28(25,26)22-12-27-11-16(22)19(24)20(2)14-5-6-14/h7-8,10,14,16H,3-6,9,11-12H2,1-2H3. The molecule has 1 aromatic carbocycles. The van der Waals surface area contributed by atoms with E-state index in [1.807, 2.05) is 0 Å². The third kappa shape index (κ3) is 3.44. The Balaban J connectivity index is 1.60. The minimum absolute atomic E-state index is 0.0692. The first kappa shape index (κ1) is 19.7. The van der Waals surface area contributed by atoms with Crippen molar-refractivity contribution in [3.63, 3.8) is 0 Å². The van der Waals surface area contributed by atoms with Gasteiger partial charge in [-0.05, 0) is 49.9 Å². The molecule has 0 radical (unpaired) electrons. The molecule has 1 unspecified atom stereocenters. The van der Waals surface area contributed by atoms with E-state index < -0.39 is 16.1 Å². The average Bonchev–Trinajstić information content (AvgIpc) is 3.22. The van der Waals surface area contributed by atoms with Crippen molar-refractivity contribution in [2.75, 3.05) is 30.1 Å². The van der Waals surface area contributed by atoms with Crippen LogP contribution in [0.5, 0.6) is 0 Å². The maximum absolute atomic E-state index is 13.3. The summed E-state index contributed by atoms with van der Waals surface area (Å²) in [4.78, 5) is 28.4. The summed E-state index contributed by atoms with van der Waals surface area (Å²) in [6, 6.07) is 4.62. The minimum atomic E-state index is -3.79. The maximum Gasteiger partial charge on any atom is 0.244 e. The zero-order valence-corrected chi connectivity index (χ0v) is 17.8. The van der Waals surface area contributed by atoms with Gasteiger partial charge in [0.25, 0.3) is 0 Å². The van der Waals surface area contributed by atoms with Gasteiger partial charge < -0.3 is 9.80 Å². The number of anilines is 1. The normalized spacial score (nSPS) is 23.4. The molecule has 7 nitrogen and oxygen atoms in total. The first-order valence-electron chi connectivity index (χ1n) is 9.58. The number of carbonyl (C=O) groups is 2. The average molecular weight is 424 g/mol. The molecule has 0 spiro atoms. The number of benzene rings is 1. The second-order valence-electron chi connectivity index (χ2n) is 7.69. The molecule has 0 aromatic heterocycles. The van der Waals surface area contributed by atoms with E-state index in [-0.39, 0.29) is 28.6 Å². The van der Waals surface area contributed by atoms with Gasteiger partial charge in [0.2, 0.25) is 21.8 Å². The molecule has 1 atom stereocenters. The molecule has 9 heteroatoms. The first-order chi connectivity index (χ1) is 13.3. The van der Waals surface area contributed by atoms with Crippen molar-refractivity contribution in [3.05, 3.63) is 23.8 Å². The van der Waals surface area contributed by atoms with Crippen molar-refractivity contribution < 1.29 is 18.0 Å². The van der Waals surface area contributed by atoms with Crippen LogP contribution in [0.25, 0.3) is 0 Å². The Morgan fingerprint density at radius 2 is 2.04 bits per heavy atom. The fourth-order valence-electron chi connectivity index (χ4n) is 3.87. The summed E-state index contributed by atoms with van der Waals surface area (Å²) in [7, 11) is -2.03. The van der Waals surface area contributed by atoms with E-state index in [1.165, 1.54) is 16.1 Å². The zero-order valence-electron chi connectivity index (χ0n) is 16.1. The highest BCUT2D eigenvalue weighted by atomic mass is 32.2. The fourth-order valence-corrected chi connectivity index (χ4v) is 7.22. The van der Waals surface area contributed by atoms with Crippen LogP contribution in [-0.2, 0) is 19.6 Å². The summed E-state index contributed by atoms with van der Waals surface area (Å²) < 4.78 is 28.0. The summed E-state index contributed by atoms with van der Waals surface area (Å²) in [5, 5.41) is 0. The highest BCUT2D eigenvalue weighted by Crippen LogP contribution is 2.34. The summed E-state index contributed by atoms with van der Waals surface area (Å²) in [6.07, 6.45) is 3.33. The largest absolute Gasteiger partial charge is 0.341 e. The Labute approximate surface area is 170 Å². The van der Waals surface area contributed by atoms with Gasteiger partial charge in [-0.15, -0.1) is 11.8 Å². The fraction of sp³-hybridized carbons (Fsp3) is 0.579. The van der Waals surface area contributed by atoms with E-state index in [9.17, 15) is 18.0 Å². The van der Waals surface area contributed by atoms with Gasteiger partial charge >= 0.3 is 0 Å². The molecule has 0 N–H and O–H groups in total. The second-order valence-corrected chi connectivity index (χ2v) is 10.5. The van der Waals surface area contributed by atoms with Gasteiger partial charge in [-0.1, -0.05) is 0 Å². The van der Waals surface area contributed by atoms with Crippen molar-refractivity contribution in [2.45, 2.75) is 49.6 Å². The summed E-state index contributed by atoms with van der Waals surface area (Å²) in [5.74, 6) is 0.713. The highest BCUT2D eigenvalue weighted by molar-refractivity contribution is 8.00. The molecule has 3 aliphatic rings. The third-order valence-electron chi connectivity index (χ3n) is 5.70.